The Kier molecular flexibility index (Phi) is 4.58. The third kappa shape index (κ3) is 3.48. The van der Waals surface area contributed by atoms with Crippen LogP contribution in [0.1, 0.15) is 25.5 Å². The van der Waals surface area contributed by atoms with Crippen LogP contribution in [0.2, 0.25) is 0 Å². The van der Waals surface area contributed by atoms with Gasteiger partial charge in [-0.25, -0.2) is 4.39 Å². The highest BCUT2D eigenvalue weighted by atomic mass is 19.1. The SMILES string of the molecule is CCOc1cccc(Oc2ccc([C@@H](C)N)cc2F)c1. The molecule has 3 nitrogen and oxygen atoms in total. The van der Waals surface area contributed by atoms with Crippen molar-refractivity contribution in [2.24, 2.45) is 5.73 Å². The van der Waals surface area contributed by atoms with Gasteiger partial charge in [0, 0.05) is 12.1 Å². The first kappa shape index (κ1) is 14.3. The van der Waals surface area contributed by atoms with Crippen LogP contribution >= 0.6 is 0 Å². The normalized spacial score (nSPS) is 12.0. The maximum Gasteiger partial charge on any atom is 0.166 e. The Morgan fingerprint density at radius 1 is 1.15 bits per heavy atom. The van der Waals surface area contributed by atoms with Crippen molar-refractivity contribution >= 4 is 0 Å². The van der Waals surface area contributed by atoms with Gasteiger partial charge >= 0.3 is 0 Å². The van der Waals surface area contributed by atoms with Crippen molar-refractivity contribution in [1.29, 1.82) is 0 Å². The van der Waals surface area contributed by atoms with Gasteiger partial charge in [0.05, 0.1) is 6.61 Å². The molecule has 0 aromatic heterocycles. The van der Waals surface area contributed by atoms with Gasteiger partial charge in [0.25, 0.3) is 0 Å². The van der Waals surface area contributed by atoms with Crippen molar-refractivity contribution in [3.8, 4) is 17.2 Å². The highest BCUT2D eigenvalue weighted by Gasteiger charge is 2.08. The van der Waals surface area contributed by atoms with E-state index in [2.05, 4.69) is 0 Å². The van der Waals surface area contributed by atoms with Gasteiger partial charge in [-0.2, -0.15) is 0 Å². The lowest BCUT2D eigenvalue weighted by atomic mass is 10.1. The average Bonchev–Trinajstić information content (AvgIpc) is 2.42. The second-order valence-corrected chi connectivity index (χ2v) is 4.49. The number of hydrogen-bond acceptors (Lipinski definition) is 3. The molecule has 0 radical (unpaired) electrons. The smallest absolute Gasteiger partial charge is 0.166 e. The molecule has 0 fully saturated rings. The van der Waals surface area contributed by atoms with Crippen molar-refractivity contribution in [3.63, 3.8) is 0 Å². The third-order valence-electron chi connectivity index (χ3n) is 2.83. The first-order valence-corrected chi connectivity index (χ1v) is 6.56. The zero-order valence-electron chi connectivity index (χ0n) is 11.6. The molecular weight excluding hydrogens is 257 g/mol. The molecule has 0 unspecified atom stereocenters. The molecule has 2 aromatic carbocycles. The molecule has 0 heterocycles. The predicted molar refractivity (Wildman–Crippen MR) is 76.7 cm³/mol. The maximum atomic E-state index is 13.9. The van der Waals surface area contributed by atoms with Gasteiger partial charge in [0.1, 0.15) is 11.5 Å². The minimum absolute atomic E-state index is 0.169. The molecule has 106 valence electrons. The Balaban J connectivity index is 2.19. The summed E-state index contributed by atoms with van der Waals surface area (Å²) in [6.07, 6.45) is 0. The van der Waals surface area contributed by atoms with E-state index in [1.54, 1.807) is 37.3 Å². The second kappa shape index (κ2) is 6.39. The third-order valence-corrected chi connectivity index (χ3v) is 2.83. The van der Waals surface area contributed by atoms with Crippen molar-refractivity contribution in [3.05, 3.63) is 53.8 Å². The fourth-order valence-electron chi connectivity index (χ4n) is 1.80. The molecule has 0 aliphatic carbocycles. The molecule has 4 heteroatoms. The highest BCUT2D eigenvalue weighted by Crippen LogP contribution is 2.28. The topological polar surface area (TPSA) is 44.5 Å². The zero-order chi connectivity index (χ0) is 14.5. The summed E-state index contributed by atoms with van der Waals surface area (Å²) in [6, 6.07) is 11.6. The van der Waals surface area contributed by atoms with Gasteiger partial charge in [0.15, 0.2) is 11.6 Å². The number of ether oxygens (including phenoxy) is 2. The lowest BCUT2D eigenvalue weighted by Crippen LogP contribution is -2.05. The van der Waals surface area contributed by atoms with Gasteiger partial charge in [-0.15, -0.1) is 0 Å². The van der Waals surface area contributed by atoms with Crippen LogP contribution in [0.4, 0.5) is 4.39 Å². The molecule has 0 saturated heterocycles. The van der Waals surface area contributed by atoms with Gasteiger partial charge in [0.2, 0.25) is 0 Å². The van der Waals surface area contributed by atoms with Crippen LogP contribution in [-0.2, 0) is 0 Å². The Morgan fingerprint density at radius 3 is 2.55 bits per heavy atom. The van der Waals surface area contributed by atoms with E-state index in [1.807, 2.05) is 13.0 Å². The lowest BCUT2D eigenvalue weighted by molar-refractivity contribution is 0.337. The summed E-state index contributed by atoms with van der Waals surface area (Å²) >= 11 is 0. The van der Waals surface area contributed by atoms with Gasteiger partial charge < -0.3 is 15.2 Å². The van der Waals surface area contributed by atoms with Crippen molar-refractivity contribution in [2.45, 2.75) is 19.9 Å². The van der Waals surface area contributed by atoms with E-state index in [0.29, 0.717) is 18.1 Å². The first-order valence-electron chi connectivity index (χ1n) is 6.56. The van der Waals surface area contributed by atoms with Crippen molar-refractivity contribution < 1.29 is 13.9 Å². The summed E-state index contributed by atoms with van der Waals surface area (Å²) in [4.78, 5) is 0. The van der Waals surface area contributed by atoms with Crippen LogP contribution in [0.3, 0.4) is 0 Å². The van der Waals surface area contributed by atoms with E-state index in [9.17, 15) is 4.39 Å². The Bertz CT molecular complexity index is 584. The Hall–Kier alpha value is -2.07. The molecule has 0 saturated carbocycles. The maximum absolute atomic E-state index is 13.9. The molecule has 0 aliphatic rings. The zero-order valence-corrected chi connectivity index (χ0v) is 11.6. The standard InChI is InChI=1S/C16H18FNO2/c1-3-19-13-5-4-6-14(10-13)20-16-8-7-12(11(2)18)9-15(16)17/h4-11H,3,18H2,1-2H3/t11-/m1/s1. The molecule has 0 bridgehead atoms. The van der Waals surface area contributed by atoms with Crippen LogP contribution in [0.15, 0.2) is 42.5 Å². The van der Waals surface area contributed by atoms with Crippen molar-refractivity contribution in [1.82, 2.24) is 0 Å². The largest absolute Gasteiger partial charge is 0.494 e. The van der Waals surface area contributed by atoms with Crippen LogP contribution in [0.5, 0.6) is 17.2 Å². The van der Waals surface area contributed by atoms with Crippen LogP contribution in [-0.4, -0.2) is 6.61 Å². The molecule has 0 spiro atoms. The molecule has 2 aromatic rings. The summed E-state index contributed by atoms with van der Waals surface area (Å²) in [5, 5.41) is 0. The molecule has 0 aliphatic heterocycles. The summed E-state index contributed by atoms with van der Waals surface area (Å²) in [6.45, 7) is 4.28. The molecule has 0 amide bonds. The number of nitrogens with two attached hydrogens (primary N) is 1. The number of benzene rings is 2. The minimum Gasteiger partial charge on any atom is -0.494 e. The van der Waals surface area contributed by atoms with Gasteiger partial charge in [-0.05, 0) is 43.7 Å². The van der Waals surface area contributed by atoms with Gasteiger partial charge in [-0.1, -0.05) is 12.1 Å². The molecule has 2 rings (SSSR count). The summed E-state index contributed by atoms with van der Waals surface area (Å²) in [5.74, 6) is 0.964. The van der Waals surface area contributed by atoms with Crippen LogP contribution < -0.4 is 15.2 Å². The summed E-state index contributed by atoms with van der Waals surface area (Å²) < 4.78 is 24.8. The molecule has 1 atom stereocenters. The molecular formula is C16H18FNO2. The van der Waals surface area contributed by atoms with Crippen LogP contribution in [0.25, 0.3) is 0 Å². The Labute approximate surface area is 118 Å². The molecule has 20 heavy (non-hydrogen) atoms. The number of hydrogen-bond donors (Lipinski definition) is 1. The average molecular weight is 275 g/mol. The monoisotopic (exact) mass is 275 g/mol. The highest BCUT2D eigenvalue weighted by molar-refractivity contribution is 5.38. The lowest BCUT2D eigenvalue weighted by Gasteiger charge is -2.11. The fourth-order valence-corrected chi connectivity index (χ4v) is 1.80. The van der Waals surface area contributed by atoms with Crippen LogP contribution in [0, 0.1) is 5.82 Å². The first-order chi connectivity index (χ1) is 9.60. The van der Waals surface area contributed by atoms with Crippen molar-refractivity contribution in [2.75, 3.05) is 6.61 Å². The molecule has 2 N–H and O–H groups in total. The van der Waals surface area contributed by atoms with Gasteiger partial charge in [-0.3, -0.25) is 0 Å². The quantitative estimate of drug-likeness (QED) is 0.895. The predicted octanol–water partition coefficient (Wildman–Crippen LogP) is 4.04. The number of halogens is 1. The van der Waals surface area contributed by atoms with E-state index < -0.39 is 5.82 Å². The van der Waals surface area contributed by atoms with E-state index in [1.165, 1.54) is 6.07 Å². The van der Waals surface area contributed by atoms with E-state index in [-0.39, 0.29) is 11.8 Å². The van der Waals surface area contributed by atoms with E-state index in [0.717, 1.165) is 5.56 Å². The van der Waals surface area contributed by atoms with E-state index in [4.69, 9.17) is 15.2 Å². The fraction of sp³-hybridized carbons (Fsp3) is 0.250. The Morgan fingerprint density at radius 2 is 1.90 bits per heavy atom. The summed E-state index contributed by atoms with van der Waals surface area (Å²) in [7, 11) is 0. The number of rotatable bonds is 5. The minimum atomic E-state index is -0.429. The van der Waals surface area contributed by atoms with E-state index >= 15 is 0 Å². The second-order valence-electron chi connectivity index (χ2n) is 4.49. The summed E-state index contributed by atoms with van der Waals surface area (Å²) in [5.41, 5.74) is 6.45.